The molecule has 0 spiro atoms. The van der Waals surface area contributed by atoms with Crippen LogP contribution in [0.15, 0.2) is 0 Å². The van der Waals surface area contributed by atoms with Crippen molar-refractivity contribution in [1.29, 1.82) is 0 Å². The molecular weight excluding hydrogens is 244 g/mol. The molecule has 0 aromatic heterocycles. The molecule has 112 valence electrons. The number of carbonyl (C=O) groups is 2. The lowest BCUT2D eigenvalue weighted by Crippen LogP contribution is -2.42. The van der Waals surface area contributed by atoms with E-state index in [4.69, 9.17) is 5.11 Å². The molecule has 0 aliphatic carbocycles. The largest absolute Gasteiger partial charge is 0.481 e. The minimum absolute atomic E-state index is 0.00951. The smallest absolute Gasteiger partial charge is 0.315 e. The summed E-state index contributed by atoms with van der Waals surface area (Å²) >= 11 is 0. The van der Waals surface area contributed by atoms with Crippen LogP contribution in [0.3, 0.4) is 0 Å². The highest BCUT2D eigenvalue weighted by atomic mass is 16.4. The van der Waals surface area contributed by atoms with Gasteiger partial charge in [0, 0.05) is 19.0 Å². The lowest BCUT2D eigenvalue weighted by molar-refractivity contribution is -0.138. The first-order chi connectivity index (χ1) is 8.85. The van der Waals surface area contributed by atoms with Gasteiger partial charge < -0.3 is 15.7 Å². The predicted molar refractivity (Wildman–Crippen MR) is 76.1 cm³/mol. The molecule has 2 atom stereocenters. The third-order valence-corrected chi connectivity index (χ3v) is 2.92. The van der Waals surface area contributed by atoms with Crippen LogP contribution in [-0.2, 0) is 4.79 Å². The SMILES string of the molecule is CCCC(C)NC(=O)NCC(CC(=O)O)CC(C)C. The Morgan fingerprint density at radius 3 is 2.32 bits per heavy atom. The summed E-state index contributed by atoms with van der Waals surface area (Å²) < 4.78 is 0. The zero-order valence-corrected chi connectivity index (χ0v) is 12.5. The molecule has 5 heteroatoms. The van der Waals surface area contributed by atoms with E-state index in [1.165, 1.54) is 0 Å². The molecule has 0 rings (SSSR count). The van der Waals surface area contributed by atoms with Crippen molar-refractivity contribution in [3.05, 3.63) is 0 Å². The van der Waals surface area contributed by atoms with Gasteiger partial charge in [-0.05, 0) is 31.6 Å². The first-order valence-corrected chi connectivity index (χ1v) is 7.11. The number of amides is 2. The predicted octanol–water partition coefficient (Wildman–Crippen LogP) is 2.61. The molecule has 0 aliphatic heterocycles. The standard InChI is InChI=1S/C14H28N2O3/c1-5-6-11(4)16-14(19)15-9-12(7-10(2)3)8-13(17)18/h10-12H,5-9H2,1-4H3,(H,17,18)(H2,15,16,19). The van der Waals surface area contributed by atoms with Gasteiger partial charge in [-0.15, -0.1) is 0 Å². The number of aliphatic carboxylic acids is 1. The van der Waals surface area contributed by atoms with Crippen molar-refractivity contribution in [3.63, 3.8) is 0 Å². The number of carboxylic acids is 1. The van der Waals surface area contributed by atoms with Crippen molar-refractivity contribution in [2.75, 3.05) is 6.54 Å². The zero-order chi connectivity index (χ0) is 14.8. The highest BCUT2D eigenvalue weighted by molar-refractivity contribution is 5.74. The van der Waals surface area contributed by atoms with Crippen molar-refractivity contribution in [2.45, 2.75) is 59.4 Å². The maximum atomic E-state index is 11.6. The minimum Gasteiger partial charge on any atom is -0.481 e. The second-order valence-corrected chi connectivity index (χ2v) is 5.64. The van der Waals surface area contributed by atoms with Gasteiger partial charge in [-0.1, -0.05) is 27.2 Å². The van der Waals surface area contributed by atoms with E-state index in [9.17, 15) is 9.59 Å². The fourth-order valence-corrected chi connectivity index (χ4v) is 2.17. The lowest BCUT2D eigenvalue weighted by atomic mass is 9.94. The summed E-state index contributed by atoms with van der Waals surface area (Å²) in [6, 6.07) is -0.0619. The minimum atomic E-state index is -0.813. The molecule has 0 heterocycles. The molecule has 19 heavy (non-hydrogen) atoms. The van der Waals surface area contributed by atoms with E-state index in [1.807, 2.05) is 6.92 Å². The molecule has 0 saturated heterocycles. The summed E-state index contributed by atoms with van der Waals surface area (Å²) in [7, 11) is 0. The average Bonchev–Trinajstić information content (AvgIpc) is 2.24. The number of hydrogen-bond acceptors (Lipinski definition) is 2. The van der Waals surface area contributed by atoms with Crippen LogP contribution in [-0.4, -0.2) is 29.7 Å². The topological polar surface area (TPSA) is 78.4 Å². The van der Waals surface area contributed by atoms with Crippen molar-refractivity contribution >= 4 is 12.0 Å². The van der Waals surface area contributed by atoms with Gasteiger partial charge in [0.25, 0.3) is 0 Å². The number of rotatable bonds is 9. The van der Waals surface area contributed by atoms with Crippen LogP contribution in [0.25, 0.3) is 0 Å². The van der Waals surface area contributed by atoms with Crippen LogP contribution in [0, 0.1) is 11.8 Å². The fraction of sp³-hybridized carbons (Fsp3) is 0.857. The van der Waals surface area contributed by atoms with Crippen LogP contribution in [0.4, 0.5) is 4.79 Å². The molecule has 0 aliphatic rings. The van der Waals surface area contributed by atoms with Crippen molar-refractivity contribution < 1.29 is 14.7 Å². The highest BCUT2D eigenvalue weighted by Gasteiger charge is 2.16. The van der Waals surface area contributed by atoms with Gasteiger partial charge in [0.15, 0.2) is 0 Å². The molecule has 0 aromatic carbocycles. The summed E-state index contributed by atoms with van der Waals surface area (Å²) in [6.45, 7) is 8.55. The Bertz CT molecular complexity index is 280. The Morgan fingerprint density at radius 1 is 1.21 bits per heavy atom. The average molecular weight is 272 g/mol. The Morgan fingerprint density at radius 2 is 1.84 bits per heavy atom. The Hall–Kier alpha value is -1.26. The monoisotopic (exact) mass is 272 g/mol. The molecule has 0 bridgehead atoms. The Labute approximate surface area is 116 Å². The van der Waals surface area contributed by atoms with E-state index in [1.54, 1.807) is 0 Å². The Balaban J connectivity index is 4.08. The second kappa shape index (κ2) is 9.64. The summed E-state index contributed by atoms with van der Waals surface area (Å²) in [5.74, 6) is -0.398. The maximum Gasteiger partial charge on any atom is 0.315 e. The maximum absolute atomic E-state index is 11.6. The molecule has 5 nitrogen and oxygen atoms in total. The Kier molecular flexibility index (Phi) is 9.00. The van der Waals surface area contributed by atoms with E-state index in [0.717, 1.165) is 19.3 Å². The van der Waals surface area contributed by atoms with E-state index in [0.29, 0.717) is 12.5 Å². The number of carbonyl (C=O) groups excluding carboxylic acids is 1. The molecule has 2 unspecified atom stereocenters. The van der Waals surface area contributed by atoms with Crippen molar-refractivity contribution in [2.24, 2.45) is 11.8 Å². The number of nitrogens with one attached hydrogen (secondary N) is 2. The number of hydrogen-bond donors (Lipinski definition) is 3. The third kappa shape index (κ3) is 10.4. The van der Waals surface area contributed by atoms with Gasteiger partial charge in [0.1, 0.15) is 0 Å². The summed E-state index contributed by atoms with van der Waals surface area (Å²) in [5.41, 5.74) is 0. The molecule has 0 fully saturated rings. The van der Waals surface area contributed by atoms with Crippen molar-refractivity contribution in [3.8, 4) is 0 Å². The first kappa shape index (κ1) is 17.7. The van der Waals surface area contributed by atoms with Crippen LogP contribution < -0.4 is 10.6 Å². The van der Waals surface area contributed by atoms with Crippen LogP contribution in [0.5, 0.6) is 0 Å². The zero-order valence-electron chi connectivity index (χ0n) is 12.5. The molecular formula is C14H28N2O3. The van der Waals surface area contributed by atoms with Gasteiger partial charge >= 0.3 is 12.0 Å². The van der Waals surface area contributed by atoms with Crippen LogP contribution in [0.2, 0.25) is 0 Å². The van der Waals surface area contributed by atoms with Crippen molar-refractivity contribution in [1.82, 2.24) is 10.6 Å². The number of carboxylic acid groups (broad SMARTS) is 1. The van der Waals surface area contributed by atoms with E-state index >= 15 is 0 Å². The van der Waals surface area contributed by atoms with Gasteiger partial charge in [-0.2, -0.15) is 0 Å². The van der Waals surface area contributed by atoms with Gasteiger partial charge in [0.2, 0.25) is 0 Å². The first-order valence-electron chi connectivity index (χ1n) is 7.11. The molecule has 0 aromatic rings. The van der Waals surface area contributed by atoms with Gasteiger partial charge in [-0.3, -0.25) is 4.79 Å². The second-order valence-electron chi connectivity index (χ2n) is 5.64. The van der Waals surface area contributed by atoms with Gasteiger partial charge in [0.05, 0.1) is 0 Å². The normalized spacial score (nSPS) is 13.9. The van der Waals surface area contributed by atoms with E-state index in [-0.39, 0.29) is 24.4 Å². The van der Waals surface area contributed by atoms with E-state index in [2.05, 4.69) is 31.4 Å². The van der Waals surface area contributed by atoms with Crippen LogP contribution in [0.1, 0.15) is 53.4 Å². The molecule has 3 N–H and O–H groups in total. The van der Waals surface area contributed by atoms with Gasteiger partial charge in [-0.25, -0.2) is 4.79 Å². The van der Waals surface area contributed by atoms with E-state index < -0.39 is 5.97 Å². The third-order valence-electron chi connectivity index (χ3n) is 2.92. The summed E-state index contributed by atoms with van der Waals surface area (Å²) in [6.07, 6.45) is 2.87. The number of urea groups is 1. The quantitative estimate of drug-likeness (QED) is 0.603. The fourth-order valence-electron chi connectivity index (χ4n) is 2.17. The summed E-state index contributed by atoms with van der Waals surface area (Å²) in [4.78, 5) is 22.4. The molecule has 0 radical (unpaired) electrons. The molecule has 2 amide bonds. The lowest BCUT2D eigenvalue weighted by Gasteiger charge is -2.19. The summed E-state index contributed by atoms with van der Waals surface area (Å²) in [5, 5.41) is 14.5. The van der Waals surface area contributed by atoms with Crippen LogP contribution >= 0.6 is 0 Å². The molecule has 0 saturated carbocycles. The highest BCUT2D eigenvalue weighted by Crippen LogP contribution is 2.14.